The first kappa shape index (κ1) is 14.3. The molecular weight excluding hydrogens is 272 g/mol. The predicted octanol–water partition coefficient (Wildman–Crippen LogP) is 3.27. The minimum absolute atomic E-state index is 0.0573. The maximum Gasteiger partial charge on any atom is 0.260 e. The zero-order valence-corrected chi connectivity index (χ0v) is 12.5. The monoisotopic (exact) mass is 290 g/mol. The molecule has 0 radical (unpaired) electrons. The summed E-state index contributed by atoms with van der Waals surface area (Å²) in [5.41, 5.74) is 10.1. The van der Waals surface area contributed by atoms with Crippen LogP contribution >= 0.6 is 0 Å². The second-order valence-corrected chi connectivity index (χ2v) is 5.24. The number of rotatable bonds is 3. The first-order valence-corrected chi connectivity index (χ1v) is 7.29. The van der Waals surface area contributed by atoms with Crippen LogP contribution in [0.25, 0.3) is 16.9 Å². The smallest absolute Gasteiger partial charge is 0.260 e. The van der Waals surface area contributed by atoms with Gasteiger partial charge in [0.15, 0.2) is 0 Å². The van der Waals surface area contributed by atoms with E-state index in [4.69, 9.17) is 5.73 Å². The van der Waals surface area contributed by atoms with E-state index >= 15 is 0 Å². The van der Waals surface area contributed by atoms with Gasteiger partial charge in [0.1, 0.15) is 0 Å². The number of aromatic nitrogens is 1. The number of hydrogen-bond donors (Lipinski definition) is 1. The van der Waals surface area contributed by atoms with Crippen molar-refractivity contribution >= 4 is 0 Å². The van der Waals surface area contributed by atoms with Crippen LogP contribution < -0.4 is 11.3 Å². The van der Waals surface area contributed by atoms with Crippen LogP contribution in [-0.2, 0) is 6.54 Å². The van der Waals surface area contributed by atoms with Crippen LogP contribution in [0.1, 0.15) is 11.1 Å². The molecule has 110 valence electrons. The zero-order valence-electron chi connectivity index (χ0n) is 12.5. The Kier molecular flexibility index (Phi) is 3.90. The first-order valence-electron chi connectivity index (χ1n) is 7.29. The van der Waals surface area contributed by atoms with Crippen molar-refractivity contribution in [1.29, 1.82) is 0 Å². The van der Waals surface area contributed by atoms with Crippen LogP contribution in [0.15, 0.2) is 71.5 Å². The number of benzene rings is 2. The molecule has 0 aliphatic heterocycles. The molecular formula is C19H18N2O. The molecule has 3 heteroatoms. The van der Waals surface area contributed by atoms with Crippen molar-refractivity contribution in [2.24, 2.45) is 5.73 Å². The predicted molar refractivity (Wildman–Crippen MR) is 90.1 cm³/mol. The maximum absolute atomic E-state index is 12.8. The van der Waals surface area contributed by atoms with E-state index in [0.717, 1.165) is 22.5 Å². The largest absolute Gasteiger partial charge is 0.326 e. The molecule has 1 aromatic heterocycles. The zero-order chi connectivity index (χ0) is 15.5. The second-order valence-electron chi connectivity index (χ2n) is 5.24. The number of pyridine rings is 1. The fourth-order valence-electron chi connectivity index (χ4n) is 2.62. The van der Waals surface area contributed by atoms with Gasteiger partial charge >= 0.3 is 0 Å². The van der Waals surface area contributed by atoms with Gasteiger partial charge in [0.05, 0.1) is 11.4 Å². The number of nitrogens with zero attached hydrogens (tertiary/aromatic N) is 1. The van der Waals surface area contributed by atoms with E-state index in [1.54, 1.807) is 4.57 Å². The molecule has 0 atom stereocenters. The normalized spacial score (nSPS) is 10.6. The van der Waals surface area contributed by atoms with E-state index in [1.807, 2.05) is 73.7 Å². The molecule has 2 N–H and O–H groups in total. The van der Waals surface area contributed by atoms with Gasteiger partial charge in [-0.1, -0.05) is 54.6 Å². The summed E-state index contributed by atoms with van der Waals surface area (Å²) in [4.78, 5) is 12.8. The second kappa shape index (κ2) is 6.00. The van der Waals surface area contributed by atoms with Gasteiger partial charge in [-0.3, -0.25) is 9.36 Å². The van der Waals surface area contributed by atoms with Crippen LogP contribution in [-0.4, -0.2) is 4.57 Å². The van der Waals surface area contributed by atoms with Gasteiger partial charge in [-0.15, -0.1) is 0 Å². The summed E-state index contributed by atoms with van der Waals surface area (Å²) in [6.07, 6.45) is 0. The highest BCUT2D eigenvalue weighted by Gasteiger charge is 2.12. The molecule has 3 rings (SSSR count). The topological polar surface area (TPSA) is 48.0 Å². The van der Waals surface area contributed by atoms with Gasteiger partial charge in [-0.05, 0) is 30.2 Å². The Balaban J connectivity index is 2.36. The summed E-state index contributed by atoms with van der Waals surface area (Å²) >= 11 is 0. The maximum atomic E-state index is 12.8. The van der Waals surface area contributed by atoms with Crippen molar-refractivity contribution in [3.05, 3.63) is 88.2 Å². The van der Waals surface area contributed by atoms with Crippen molar-refractivity contribution in [2.75, 3.05) is 0 Å². The number of hydrogen-bond acceptors (Lipinski definition) is 2. The van der Waals surface area contributed by atoms with Gasteiger partial charge in [0, 0.05) is 12.1 Å². The lowest BCUT2D eigenvalue weighted by Gasteiger charge is -2.16. The number of nitrogens with two attached hydrogens (primary N) is 1. The van der Waals surface area contributed by atoms with E-state index in [1.165, 1.54) is 0 Å². The Labute approximate surface area is 129 Å². The molecule has 3 nitrogen and oxygen atoms in total. The highest BCUT2D eigenvalue weighted by molar-refractivity contribution is 5.63. The molecule has 0 unspecified atom stereocenters. The van der Waals surface area contributed by atoms with Crippen molar-refractivity contribution in [3.63, 3.8) is 0 Å². The molecule has 0 spiro atoms. The van der Waals surface area contributed by atoms with Crippen molar-refractivity contribution < 1.29 is 0 Å². The summed E-state index contributed by atoms with van der Waals surface area (Å²) in [6.45, 7) is 2.24. The number of para-hydroxylation sites is 1. The highest BCUT2D eigenvalue weighted by Crippen LogP contribution is 2.23. The van der Waals surface area contributed by atoms with Gasteiger partial charge in [-0.25, -0.2) is 0 Å². The first-order chi connectivity index (χ1) is 10.7. The molecule has 0 amide bonds. The summed E-state index contributed by atoms with van der Waals surface area (Å²) in [7, 11) is 0. The minimum Gasteiger partial charge on any atom is -0.326 e. The lowest BCUT2D eigenvalue weighted by Crippen LogP contribution is -2.25. The van der Waals surface area contributed by atoms with Crippen LogP contribution in [0.4, 0.5) is 0 Å². The lowest BCUT2D eigenvalue weighted by molar-refractivity contribution is 0.925. The van der Waals surface area contributed by atoms with Crippen LogP contribution in [0.5, 0.6) is 0 Å². The minimum atomic E-state index is -0.0573. The lowest BCUT2D eigenvalue weighted by atomic mass is 10.1. The summed E-state index contributed by atoms with van der Waals surface area (Å²) in [6, 6.07) is 21.6. The SMILES string of the molecule is Cc1ccccc1-n1c(-c2ccccc2)ccc(CN)c1=O. The molecule has 2 aromatic carbocycles. The molecule has 0 saturated heterocycles. The van der Waals surface area contributed by atoms with Crippen molar-refractivity contribution in [3.8, 4) is 16.9 Å². The molecule has 0 bridgehead atoms. The van der Waals surface area contributed by atoms with Crippen LogP contribution in [0, 0.1) is 6.92 Å². The fourth-order valence-corrected chi connectivity index (χ4v) is 2.62. The number of aryl methyl sites for hydroxylation is 1. The van der Waals surface area contributed by atoms with E-state index in [0.29, 0.717) is 5.56 Å². The third-order valence-electron chi connectivity index (χ3n) is 3.81. The Bertz CT molecular complexity index is 851. The van der Waals surface area contributed by atoms with Crippen LogP contribution in [0.3, 0.4) is 0 Å². The Morgan fingerprint density at radius 1 is 0.909 bits per heavy atom. The van der Waals surface area contributed by atoms with Crippen molar-refractivity contribution in [2.45, 2.75) is 13.5 Å². The molecule has 1 heterocycles. The van der Waals surface area contributed by atoms with E-state index < -0.39 is 0 Å². The van der Waals surface area contributed by atoms with Crippen LogP contribution in [0.2, 0.25) is 0 Å². The van der Waals surface area contributed by atoms with E-state index in [-0.39, 0.29) is 12.1 Å². The summed E-state index contributed by atoms with van der Waals surface area (Å²) in [5.74, 6) is 0. The summed E-state index contributed by atoms with van der Waals surface area (Å²) < 4.78 is 1.76. The summed E-state index contributed by atoms with van der Waals surface area (Å²) in [5, 5.41) is 0. The Morgan fingerprint density at radius 3 is 2.27 bits per heavy atom. The molecule has 0 aliphatic rings. The quantitative estimate of drug-likeness (QED) is 0.804. The molecule has 0 aliphatic carbocycles. The van der Waals surface area contributed by atoms with Gasteiger partial charge in [0.2, 0.25) is 0 Å². The van der Waals surface area contributed by atoms with Gasteiger partial charge < -0.3 is 5.73 Å². The third-order valence-corrected chi connectivity index (χ3v) is 3.81. The molecule has 0 fully saturated rings. The highest BCUT2D eigenvalue weighted by atomic mass is 16.1. The van der Waals surface area contributed by atoms with E-state index in [2.05, 4.69) is 0 Å². The third kappa shape index (κ3) is 2.47. The van der Waals surface area contributed by atoms with E-state index in [9.17, 15) is 4.79 Å². The molecule has 22 heavy (non-hydrogen) atoms. The average molecular weight is 290 g/mol. The van der Waals surface area contributed by atoms with Crippen molar-refractivity contribution in [1.82, 2.24) is 4.57 Å². The molecule has 0 saturated carbocycles. The van der Waals surface area contributed by atoms with Gasteiger partial charge in [0.25, 0.3) is 5.56 Å². The molecule has 3 aromatic rings. The fraction of sp³-hybridized carbons (Fsp3) is 0.105. The average Bonchev–Trinajstić information content (AvgIpc) is 2.56. The van der Waals surface area contributed by atoms with Gasteiger partial charge in [-0.2, -0.15) is 0 Å². The Morgan fingerprint density at radius 2 is 1.59 bits per heavy atom. The Hall–Kier alpha value is -2.65. The standard InChI is InChI=1S/C19H18N2O/c1-14-7-5-6-10-17(14)21-18(15-8-3-2-4-9-15)12-11-16(13-20)19(21)22/h2-12H,13,20H2,1H3.